The van der Waals surface area contributed by atoms with Gasteiger partial charge >= 0.3 is 0 Å². The minimum atomic E-state index is -3.40. The van der Waals surface area contributed by atoms with Gasteiger partial charge in [-0.3, -0.25) is 0 Å². The Bertz CT molecular complexity index is 301. The van der Waals surface area contributed by atoms with Crippen molar-refractivity contribution in [2.75, 3.05) is 5.75 Å². The van der Waals surface area contributed by atoms with Gasteiger partial charge in [0.1, 0.15) is 5.04 Å². The normalized spacial score (nSPS) is 22.1. The van der Waals surface area contributed by atoms with Crippen LogP contribution in [0.2, 0.25) is 0 Å². The van der Waals surface area contributed by atoms with E-state index in [0.29, 0.717) is 0 Å². The van der Waals surface area contributed by atoms with Gasteiger partial charge in [0.05, 0.1) is 6.20 Å². The first kappa shape index (κ1) is 7.62. The molecule has 6 heteroatoms. The van der Waals surface area contributed by atoms with Gasteiger partial charge in [-0.15, -0.1) is 0 Å². The Balaban J connectivity index is 3.14. The Morgan fingerprint density at radius 3 is 2.50 bits per heavy atom. The zero-order valence-corrected chi connectivity index (χ0v) is 6.69. The van der Waals surface area contributed by atoms with Crippen molar-refractivity contribution >= 4 is 27.5 Å². The predicted molar refractivity (Wildman–Crippen MR) is 42.5 cm³/mol. The summed E-state index contributed by atoms with van der Waals surface area (Å²) in [7, 11) is -3.40. The summed E-state index contributed by atoms with van der Waals surface area (Å²) in [6.07, 6.45) is 1.13. The van der Waals surface area contributed by atoms with Crippen molar-refractivity contribution < 1.29 is 8.42 Å². The second kappa shape index (κ2) is 2.28. The number of thiol groups is 1. The first-order valence-corrected chi connectivity index (χ1v) is 4.59. The molecule has 56 valence electrons. The smallest absolute Gasteiger partial charge is 0.236 e. The van der Waals surface area contributed by atoms with Crippen LogP contribution >= 0.6 is 12.6 Å². The second-order valence-electron chi connectivity index (χ2n) is 1.72. The molecule has 0 unspecified atom stereocenters. The van der Waals surface area contributed by atoms with E-state index in [9.17, 15) is 8.42 Å². The number of aliphatic imine (C=N–C) groups is 1. The van der Waals surface area contributed by atoms with Gasteiger partial charge < -0.3 is 5.73 Å². The lowest BCUT2D eigenvalue weighted by atomic mass is 10.8. The third kappa shape index (κ3) is 0.929. The molecule has 2 N–H and O–H groups in total. The van der Waals surface area contributed by atoms with Gasteiger partial charge in [-0.1, -0.05) is 0 Å². The SMILES string of the molecule is NC1=CN=C(CS)S1(=O)=O. The molecule has 1 aliphatic rings. The van der Waals surface area contributed by atoms with Crippen molar-refractivity contribution in [3.8, 4) is 0 Å². The van der Waals surface area contributed by atoms with Crippen LogP contribution in [0.25, 0.3) is 0 Å². The minimum Gasteiger partial charge on any atom is -0.388 e. The number of nitrogens with two attached hydrogens (primary N) is 1. The van der Waals surface area contributed by atoms with Gasteiger partial charge in [-0.2, -0.15) is 12.6 Å². The molecule has 0 aromatic carbocycles. The second-order valence-corrected chi connectivity index (χ2v) is 3.98. The molecule has 1 heterocycles. The molecule has 0 spiro atoms. The van der Waals surface area contributed by atoms with Gasteiger partial charge in [0.15, 0.2) is 5.03 Å². The van der Waals surface area contributed by atoms with Crippen LogP contribution in [0.5, 0.6) is 0 Å². The molecule has 0 aliphatic carbocycles. The Morgan fingerprint density at radius 2 is 2.30 bits per heavy atom. The zero-order chi connectivity index (χ0) is 7.78. The summed E-state index contributed by atoms with van der Waals surface area (Å²) < 4.78 is 21.9. The fourth-order valence-electron chi connectivity index (χ4n) is 0.536. The standard InChI is InChI=1S/C4H6N2O2S2/c5-3-1-6-4(2-9)10(3,7)8/h1,9H,2,5H2. The van der Waals surface area contributed by atoms with E-state index in [2.05, 4.69) is 17.6 Å². The Morgan fingerprint density at radius 1 is 1.70 bits per heavy atom. The summed E-state index contributed by atoms with van der Waals surface area (Å²) in [5.74, 6) is 0.0968. The molecule has 4 nitrogen and oxygen atoms in total. The topological polar surface area (TPSA) is 72.5 Å². The summed E-state index contributed by atoms with van der Waals surface area (Å²) in [4.78, 5) is 3.55. The summed E-state index contributed by atoms with van der Waals surface area (Å²) in [6.45, 7) is 0. The third-order valence-corrected chi connectivity index (χ3v) is 3.20. The molecule has 0 bridgehead atoms. The fourth-order valence-corrected chi connectivity index (χ4v) is 1.95. The van der Waals surface area contributed by atoms with E-state index >= 15 is 0 Å². The number of hydrogen-bond donors (Lipinski definition) is 2. The van der Waals surface area contributed by atoms with E-state index in [1.54, 1.807) is 0 Å². The van der Waals surface area contributed by atoms with E-state index < -0.39 is 9.84 Å². The molecule has 1 aliphatic heterocycles. The lowest BCUT2D eigenvalue weighted by molar-refractivity contribution is 0.612. The van der Waals surface area contributed by atoms with Crippen LogP contribution in [0.15, 0.2) is 16.2 Å². The molecule has 0 aromatic heterocycles. The van der Waals surface area contributed by atoms with Crippen LogP contribution in [-0.4, -0.2) is 19.2 Å². The monoisotopic (exact) mass is 178 g/mol. The van der Waals surface area contributed by atoms with Crippen molar-refractivity contribution in [3.63, 3.8) is 0 Å². The molecule has 10 heavy (non-hydrogen) atoms. The van der Waals surface area contributed by atoms with E-state index in [0.717, 1.165) is 6.20 Å². The Labute approximate surface area is 64.2 Å². The highest BCUT2D eigenvalue weighted by atomic mass is 32.2. The number of sulfone groups is 1. The van der Waals surface area contributed by atoms with Crippen molar-refractivity contribution in [1.82, 2.24) is 0 Å². The maximum Gasteiger partial charge on any atom is 0.236 e. The summed E-state index contributed by atoms with van der Waals surface area (Å²) in [5.41, 5.74) is 5.10. The number of hydrogen-bond acceptors (Lipinski definition) is 5. The van der Waals surface area contributed by atoms with Gasteiger partial charge in [-0.05, 0) is 0 Å². The van der Waals surface area contributed by atoms with Crippen molar-refractivity contribution in [1.29, 1.82) is 0 Å². The van der Waals surface area contributed by atoms with Gasteiger partial charge in [-0.25, -0.2) is 13.4 Å². The van der Waals surface area contributed by atoms with E-state index in [4.69, 9.17) is 5.73 Å². The summed E-state index contributed by atoms with van der Waals surface area (Å²) >= 11 is 3.77. The van der Waals surface area contributed by atoms with Crippen LogP contribution in [-0.2, 0) is 9.84 Å². The summed E-state index contributed by atoms with van der Waals surface area (Å²) in [6, 6.07) is 0. The lowest BCUT2D eigenvalue weighted by Crippen LogP contribution is -2.18. The highest BCUT2D eigenvalue weighted by molar-refractivity contribution is 8.11. The molecular weight excluding hydrogens is 172 g/mol. The van der Waals surface area contributed by atoms with Crippen LogP contribution < -0.4 is 5.73 Å². The average Bonchev–Trinajstić information content (AvgIpc) is 2.10. The lowest BCUT2D eigenvalue weighted by Gasteiger charge is -1.95. The van der Waals surface area contributed by atoms with E-state index in [-0.39, 0.29) is 15.8 Å². The first-order valence-electron chi connectivity index (χ1n) is 2.47. The zero-order valence-electron chi connectivity index (χ0n) is 4.98. The summed E-state index contributed by atoms with van der Waals surface area (Å²) in [5, 5.41) is -0.176. The van der Waals surface area contributed by atoms with Crippen LogP contribution in [0, 0.1) is 0 Å². The maximum atomic E-state index is 11.0. The van der Waals surface area contributed by atoms with E-state index in [1.165, 1.54) is 0 Å². The Hall–Kier alpha value is -0.490. The molecule has 0 saturated carbocycles. The molecule has 0 amide bonds. The fraction of sp³-hybridized carbons (Fsp3) is 0.250. The third-order valence-electron chi connectivity index (χ3n) is 1.09. The first-order chi connectivity index (χ1) is 4.59. The number of rotatable bonds is 1. The molecule has 0 saturated heterocycles. The molecular formula is C4H6N2O2S2. The van der Waals surface area contributed by atoms with Gasteiger partial charge in [0.2, 0.25) is 9.84 Å². The van der Waals surface area contributed by atoms with Crippen molar-refractivity contribution in [2.24, 2.45) is 10.7 Å². The number of nitrogens with zero attached hydrogens (tertiary/aromatic N) is 1. The highest BCUT2D eigenvalue weighted by Gasteiger charge is 2.25. The van der Waals surface area contributed by atoms with Gasteiger partial charge in [0, 0.05) is 5.75 Å². The molecule has 0 atom stereocenters. The molecule has 0 radical (unpaired) electrons. The Kier molecular flexibility index (Phi) is 1.74. The van der Waals surface area contributed by atoms with Crippen LogP contribution in [0.4, 0.5) is 0 Å². The van der Waals surface area contributed by atoms with E-state index in [1.807, 2.05) is 0 Å². The quantitative estimate of drug-likeness (QED) is 0.532. The van der Waals surface area contributed by atoms with Gasteiger partial charge in [0.25, 0.3) is 0 Å². The minimum absolute atomic E-state index is 0.0216. The van der Waals surface area contributed by atoms with Crippen LogP contribution in [0.1, 0.15) is 0 Å². The molecule has 1 rings (SSSR count). The molecule has 0 fully saturated rings. The highest BCUT2D eigenvalue weighted by Crippen LogP contribution is 2.12. The largest absolute Gasteiger partial charge is 0.388 e. The van der Waals surface area contributed by atoms with Crippen molar-refractivity contribution in [3.05, 3.63) is 11.2 Å². The molecule has 0 aromatic rings. The predicted octanol–water partition coefficient (Wildman–Crippen LogP) is -0.499. The maximum absolute atomic E-state index is 11.0. The van der Waals surface area contributed by atoms with Crippen LogP contribution in [0.3, 0.4) is 0 Å². The van der Waals surface area contributed by atoms with Crippen molar-refractivity contribution in [2.45, 2.75) is 0 Å². The average molecular weight is 178 g/mol.